The first-order valence-corrected chi connectivity index (χ1v) is 22.8. The van der Waals surface area contributed by atoms with Crippen molar-refractivity contribution < 1.29 is 14.0 Å². The number of furan rings is 1. The molecular weight excluding hydrogens is 825 g/mol. The van der Waals surface area contributed by atoms with Gasteiger partial charge in [-0.2, -0.15) is 0 Å². The Hall–Kier alpha value is -8.92. The molecule has 12 aromatic rings. The number of anilines is 6. The molecule has 1 aliphatic carbocycles. The van der Waals surface area contributed by atoms with Crippen LogP contribution >= 0.6 is 0 Å². The number of hydrogen-bond acceptors (Lipinski definition) is 3. The fraction of sp³-hybridized carbons (Fsp3) is 0.0154. The molecule has 0 amide bonds. The highest BCUT2D eigenvalue weighted by atomic mass is 16.3. The fourth-order valence-corrected chi connectivity index (χ4v) is 10.4. The zero-order valence-corrected chi connectivity index (χ0v) is 36.7. The van der Waals surface area contributed by atoms with Crippen molar-refractivity contribution in [1.29, 1.82) is 0 Å². The Morgan fingerprint density at radius 1 is 0.338 bits per heavy atom. The van der Waals surface area contributed by atoms with Gasteiger partial charge in [0, 0.05) is 44.9 Å². The molecule has 1 atom stereocenters. The van der Waals surface area contributed by atoms with Crippen LogP contribution in [0.3, 0.4) is 0 Å². The van der Waals surface area contributed by atoms with E-state index in [-0.39, 0.29) is 28.4 Å². The molecule has 0 bridgehead atoms. The zero-order chi connectivity index (χ0) is 51.1. The second-order valence-corrected chi connectivity index (χ2v) is 17.1. The van der Waals surface area contributed by atoms with Gasteiger partial charge in [0.05, 0.1) is 15.0 Å². The van der Waals surface area contributed by atoms with E-state index < -0.39 is 35.6 Å². The van der Waals surface area contributed by atoms with Gasteiger partial charge in [-0.3, -0.25) is 0 Å². The van der Waals surface area contributed by atoms with E-state index in [1.807, 2.05) is 109 Å². The van der Waals surface area contributed by atoms with Crippen LogP contribution in [0.15, 0.2) is 271 Å². The summed E-state index contributed by atoms with van der Waals surface area (Å²) < 4.78 is 72.3. The van der Waals surface area contributed by atoms with E-state index in [1.54, 1.807) is 0 Å². The molecule has 13 rings (SSSR count). The van der Waals surface area contributed by atoms with Gasteiger partial charge in [0.25, 0.3) is 0 Å². The zero-order valence-electron chi connectivity index (χ0n) is 43.7. The van der Waals surface area contributed by atoms with Crippen LogP contribution in [0.25, 0.3) is 55.0 Å². The molecule has 0 saturated carbocycles. The van der Waals surface area contributed by atoms with Crippen LogP contribution in [0.4, 0.5) is 34.1 Å². The van der Waals surface area contributed by atoms with Crippen molar-refractivity contribution in [2.75, 3.05) is 9.80 Å². The van der Waals surface area contributed by atoms with Gasteiger partial charge in [-0.1, -0.05) is 176 Å². The summed E-state index contributed by atoms with van der Waals surface area (Å²) in [6, 6.07) is 72.9. The molecule has 0 radical (unpaired) electrons. The second-order valence-electron chi connectivity index (χ2n) is 17.1. The summed E-state index contributed by atoms with van der Waals surface area (Å²) in [4.78, 5) is 4.43. The smallest absolute Gasteiger partial charge is 0.135 e. The molecule has 0 fully saturated rings. The van der Waals surface area contributed by atoms with Gasteiger partial charge in [-0.25, -0.2) is 0 Å². The van der Waals surface area contributed by atoms with Crippen LogP contribution in [0.2, 0.25) is 0 Å². The predicted octanol–water partition coefficient (Wildman–Crippen LogP) is 17.7. The van der Waals surface area contributed by atoms with Gasteiger partial charge >= 0.3 is 0 Å². The molecule has 1 heterocycles. The molecule has 0 N–H and O–H groups in total. The third-order valence-corrected chi connectivity index (χ3v) is 13.4. The molecule has 68 heavy (non-hydrogen) atoms. The first-order chi connectivity index (χ1) is 36.6. The minimum Gasteiger partial charge on any atom is -0.456 e. The minimum atomic E-state index is -1.51. The van der Waals surface area contributed by atoms with E-state index in [0.29, 0.717) is 16.7 Å². The number of para-hydroxylation sites is 4. The van der Waals surface area contributed by atoms with Crippen LogP contribution < -0.4 is 9.80 Å². The highest BCUT2D eigenvalue weighted by Gasteiger charge is 2.48. The summed E-state index contributed by atoms with van der Waals surface area (Å²) in [6.45, 7) is 0. The van der Waals surface area contributed by atoms with Crippen molar-refractivity contribution in [3.63, 3.8) is 0 Å². The first-order valence-electron chi connectivity index (χ1n) is 26.3. The molecule has 320 valence electrons. The van der Waals surface area contributed by atoms with E-state index in [9.17, 15) is 6.85 Å². The molecule has 1 aromatic heterocycles. The van der Waals surface area contributed by atoms with Crippen LogP contribution in [0, 0.1) is 0 Å². The summed E-state index contributed by atoms with van der Waals surface area (Å²) in [5.74, 6) is 0. The standard InChI is InChI=1S/C65H44N2O/c1-5-18-45(19-6-1)46-32-35-52(36-33-46)67(51-26-11-4-12-27-51)54-38-40-62-58(44-54)57-43-53(66(49-22-7-2-8-23-49)50-24-9-3-10-25-50)37-39-61(57)65(62,60-30-17-21-47-20-13-14-28-55(47)60)48-34-41-64-59(42-48)56-29-15-16-31-63(56)68-64/h1-44H/i13D,14D,17D,20D,21D,28D,30D. The maximum absolute atomic E-state index is 10.2. The van der Waals surface area contributed by atoms with Crippen molar-refractivity contribution >= 4 is 66.8 Å². The number of fused-ring (bicyclic) bond motifs is 7. The topological polar surface area (TPSA) is 19.6 Å². The highest BCUT2D eigenvalue weighted by molar-refractivity contribution is 6.06. The Kier molecular flexibility index (Phi) is 7.79. The van der Waals surface area contributed by atoms with Gasteiger partial charge in [-0.05, 0) is 146 Å². The quantitative estimate of drug-likeness (QED) is 0.144. The van der Waals surface area contributed by atoms with Gasteiger partial charge in [0.1, 0.15) is 11.2 Å². The Labute approximate surface area is 405 Å². The van der Waals surface area contributed by atoms with E-state index in [2.05, 4.69) is 125 Å². The summed E-state index contributed by atoms with van der Waals surface area (Å²) in [5.41, 5.74) is 11.5. The number of rotatable bonds is 9. The minimum absolute atomic E-state index is 0.0238. The Balaban J connectivity index is 1.17. The summed E-state index contributed by atoms with van der Waals surface area (Å²) in [5, 5.41) is 1.62. The highest BCUT2D eigenvalue weighted by Crippen LogP contribution is 2.60. The Morgan fingerprint density at radius 3 is 1.44 bits per heavy atom. The van der Waals surface area contributed by atoms with Crippen LogP contribution in [-0.4, -0.2) is 0 Å². The Morgan fingerprint density at radius 2 is 0.824 bits per heavy atom. The van der Waals surface area contributed by atoms with Crippen LogP contribution in [-0.2, 0) is 5.41 Å². The van der Waals surface area contributed by atoms with Crippen molar-refractivity contribution in [1.82, 2.24) is 0 Å². The average Bonchev–Trinajstić information content (AvgIpc) is 4.09. The van der Waals surface area contributed by atoms with Gasteiger partial charge in [-0.15, -0.1) is 0 Å². The van der Waals surface area contributed by atoms with E-state index in [0.717, 1.165) is 78.3 Å². The van der Waals surface area contributed by atoms with E-state index in [4.69, 9.17) is 7.16 Å². The Bertz CT molecular complexity index is 4160. The lowest BCUT2D eigenvalue weighted by Gasteiger charge is -2.35. The molecule has 3 nitrogen and oxygen atoms in total. The normalized spacial score (nSPS) is 15.4. The fourth-order valence-electron chi connectivity index (χ4n) is 10.4. The van der Waals surface area contributed by atoms with Crippen molar-refractivity contribution in [3.8, 4) is 22.3 Å². The van der Waals surface area contributed by atoms with Crippen LogP contribution in [0.5, 0.6) is 0 Å². The first kappa shape index (κ1) is 32.7. The molecule has 11 aromatic carbocycles. The van der Waals surface area contributed by atoms with E-state index in [1.165, 1.54) is 0 Å². The molecule has 0 saturated heterocycles. The lowest BCUT2D eigenvalue weighted by molar-refractivity contribution is 0.668. The SMILES string of the molecule is [2H]c1c([2H])c([2H])c2c(C3(c4ccc5oc6ccccc6c5c4)c4ccc(N(c5ccccc5)c5ccccc5)cc4-c4cc(N(c5ccccc5)c5ccc(-c6ccccc6)cc5)ccc43)c([2H])c([2H])c([2H])c2c1[2H]. The monoisotopic (exact) mass is 875 g/mol. The van der Waals surface area contributed by atoms with Gasteiger partial charge in [0.2, 0.25) is 0 Å². The van der Waals surface area contributed by atoms with Crippen molar-refractivity contribution in [2.45, 2.75) is 5.41 Å². The summed E-state index contributed by atoms with van der Waals surface area (Å²) in [6.07, 6.45) is 0. The predicted molar refractivity (Wildman–Crippen MR) is 283 cm³/mol. The van der Waals surface area contributed by atoms with Gasteiger partial charge < -0.3 is 14.2 Å². The second kappa shape index (κ2) is 16.2. The third-order valence-electron chi connectivity index (χ3n) is 13.4. The van der Waals surface area contributed by atoms with Crippen molar-refractivity contribution in [2.24, 2.45) is 0 Å². The average molecular weight is 876 g/mol. The molecule has 3 heteroatoms. The summed E-state index contributed by atoms with van der Waals surface area (Å²) >= 11 is 0. The molecule has 1 unspecified atom stereocenters. The maximum Gasteiger partial charge on any atom is 0.135 e. The third kappa shape index (κ3) is 6.35. The lowest BCUT2D eigenvalue weighted by atomic mass is 9.66. The lowest BCUT2D eigenvalue weighted by Crippen LogP contribution is -2.29. The largest absolute Gasteiger partial charge is 0.456 e. The molecule has 0 spiro atoms. The van der Waals surface area contributed by atoms with Gasteiger partial charge in [0.15, 0.2) is 0 Å². The van der Waals surface area contributed by atoms with Crippen molar-refractivity contribution in [3.05, 3.63) is 289 Å². The maximum atomic E-state index is 10.2. The van der Waals surface area contributed by atoms with Crippen LogP contribution in [0.1, 0.15) is 31.8 Å². The molecular formula is C65H44N2O. The molecule has 1 aliphatic rings. The number of benzene rings is 11. The molecule has 0 aliphatic heterocycles. The number of hydrogen-bond donors (Lipinski definition) is 0. The van der Waals surface area contributed by atoms with E-state index >= 15 is 0 Å². The number of nitrogens with zero attached hydrogens (tertiary/aromatic N) is 2. The summed E-state index contributed by atoms with van der Waals surface area (Å²) in [7, 11) is 0.